The van der Waals surface area contributed by atoms with Crippen molar-refractivity contribution >= 4 is 15.9 Å². The Bertz CT molecular complexity index is 404. The molecule has 1 aromatic rings. The lowest BCUT2D eigenvalue weighted by Gasteiger charge is -2.25. The zero-order valence-corrected chi connectivity index (χ0v) is 10.9. The summed E-state index contributed by atoms with van der Waals surface area (Å²) >= 11 is 3.00. The molecule has 0 aliphatic heterocycles. The molecule has 0 radical (unpaired) electrons. The summed E-state index contributed by atoms with van der Waals surface area (Å²) in [6.07, 6.45) is -4.51. The zero-order chi connectivity index (χ0) is 13.4. The van der Waals surface area contributed by atoms with Crippen molar-refractivity contribution in [2.24, 2.45) is 0 Å². The second-order valence-corrected chi connectivity index (χ2v) is 5.25. The molecule has 0 heterocycles. The molecule has 96 valence electrons. The van der Waals surface area contributed by atoms with E-state index in [-0.39, 0.29) is 16.6 Å². The van der Waals surface area contributed by atoms with E-state index in [4.69, 9.17) is 0 Å². The average Bonchev–Trinajstić information content (AvgIpc) is 2.14. The summed E-state index contributed by atoms with van der Waals surface area (Å²) in [7, 11) is 0. The molecule has 0 unspecified atom stereocenters. The first-order valence-electron chi connectivity index (χ1n) is 4.80. The number of phenolic OH excluding ortho intramolecular Hbond substituents is 1. The molecule has 0 aliphatic carbocycles. The van der Waals surface area contributed by atoms with Crippen molar-refractivity contribution in [1.82, 2.24) is 0 Å². The fourth-order valence-corrected chi connectivity index (χ4v) is 2.49. The molecule has 17 heavy (non-hydrogen) atoms. The summed E-state index contributed by atoms with van der Waals surface area (Å²) in [6.45, 7) is 2.96. The summed E-state index contributed by atoms with van der Waals surface area (Å²) in [4.78, 5) is 0. The van der Waals surface area contributed by atoms with Gasteiger partial charge in [-0.25, -0.2) is 0 Å². The van der Waals surface area contributed by atoms with E-state index in [9.17, 15) is 23.4 Å². The van der Waals surface area contributed by atoms with Crippen LogP contribution < -0.4 is 0 Å². The molecular formula is C11H12BrF3O2. The van der Waals surface area contributed by atoms with Crippen LogP contribution in [0, 0.1) is 0 Å². The van der Waals surface area contributed by atoms with E-state index in [1.54, 1.807) is 13.8 Å². The maximum Gasteiger partial charge on any atom is 0.416 e. The predicted molar refractivity (Wildman–Crippen MR) is 60.9 cm³/mol. The Morgan fingerprint density at radius 3 is 2.12 bits per heavy atom. The Kier molecular flexibility index (Phi) is 3.78. The Labute approximate surface area is 105 Å². The van der Waals surface area contributed by atoms with Gasteiger partial charge < -0.3 is 10.2 Å². The second-order valence-electron chi connectivity index (χ2n) is 4.39. The number of phenols is 1. The highest BCUT2D eigenvalue weighted by molar-refractivity contribution is 9.10. The van der Waals surface area contributed by atoms with Gasteiger partial charge in [0.1, 0.15) is 5.75 Å². The minimum atomic E-state index is -4.51. The molecule has 6 heteroatoms. The van der Waals surface area contributed by atoms with Crippen LogP contribution in [0.25, 0.3) is 0 Å². The Morgan fingerprint density at radius 1 is 1.24 bits per heavy atom. The van der Waals surface area contributed by atoms with Gasteiger partial charge in [0.2, 0.25) is 0 Å². The van der Waals surface area contributed by atoms with Crippen LogP contribution in [0.1, 0.15) is 25.0 Å². The fraction of sp³-hybridized carbons (Fsp3) is 0.455. The van der Waals surface area contributed by atoms with Crippen molar-refractivity contribution < 1.29 is 23.4 Å². The quantitative estimate of drug-likeness (QED) is 0.878. The molecule has 2 N–H and O–H groups in total. The number of aliphatic hydroxyl groups is 1. The van der Waals surface area contributed by atoms with E-state index >= 15 is 0 Å². The Morgan fingerprint density at radius 2 is 1.76 bits per heavy atom. The van der Waals surface area contributed by atoms with Crippen LogP contribution in [0.15, 0.2) is 16.6 Å². The third kappa shape index (κ3) is 2.93. The van der Waals surface area contributed by atoms with Gasteiger partial charge in [0, 0.05) is 15.5 Å². The van der Waals surface area contributed by atoms with Crippen LogP contribution in [0.4, 0.5) is 13.2 Å². The first kappa shape index (κ1) is 14.3. The maximum atomic E-state index is 12.5. The predicted octanol–water partition coefficient (Wildman–Crippen LogP) is 3.44. The molecule has 0 saturated heterocycles. The number of rotatable bonds is 2. The number of aliphatic hydroxyl groups excluding tert-OH is 1. The monoisotopic (exact) mass is 312 g/mol. The molecule has 0 bridgehead atoms. The van der Waals surface area contributed by atoms with Gasteiger partial charge in [-0.2, -0.15) is 13.2 Å². The average molecular weight is 313 g/mol. The van der Waals surface area contributed by atoms with Crippen LogP contribution in [0.5, 0.6) is 5.75 Å². The third-order valence-electron chi connectivity index (χ3n) is 2.47. The van der Waals surface area contributed by atoms with Gasteiger partial charge in [0.15, 0.2) is 0 Å². The Hall–Kier alpha value is -0.750. The number of halogens is 4. The van der Waals surface area contributed by atoms with E-state index in [0.29, 0.717) is 6.07 Å². The lowest BCUT2D eigenvalue weighted by Crippen LogP contribution is -2.23. The van der Waals surface area contributed by atoms with E-state index < -0.39 is 22.9 Å². The molecule has 1 aromatic carbocycles. The van der Waals surface area contributed by atoms with E-state index in [0.717, 1.165) is 6.07 Å². The summed E-state index contributed by atoms with van der Waals surface area (Å²) < 4.78 is 37.6. The molecule has 0 amide bonds. The highest BCUT2D eigenvalue weighted by Gasteiger charge is 2.34. The van der Waals surface area contributed by atoms with Crippen LogP contribution >= 0.6 is 15.9 Å². The van der Waals surface area contributed by atoms with Gasteiger partial charge in [0.25, 0.3) is 0 Å². The number of hydrogen-bond acceptors (Lipinski definition) is 2. The smallest absolute Gasteiger partial charge is 0.416 e. The SMILES string of the molecule is CC(C)(CO)c1c(O)cc(C(F)(F)F)cc1Br. The molecule has 2 nitrogen and oxygen atoms in total. The molecule has 1 rings (SSSR count). The molecule has 0 aliphatic rings. The third-order valence-corrected chi connectivity index (χ3v) is 3.09. The molecule has 0 saturated carbocycles. The number of aromatic hydroxyl groups is 1. The van der Waals surface area contributed by atoms with Gasteiger partial charge >= 0.3 is 6.18 Å². The number of alkyl halides is 3. The van der Waals surface area contributed by atoms with Crippen LogP contribution in [0.3, 0.4) is 0 Å². The van der Waals surface area contributed by atoms with Crippen LogP contribution in [0.2, 0.25) is 0 Å². The van der Waals surface area contributed by atoms with Crippen molar-refractivity contribution in [1.29, 1.82) is 0 Å². The minimum Gasteiger partial charge on any atom is -0.508 e. The zero-order valence-electron chi connectivity index (χ0n) is 9.27. The van der Waals surface area contributed by atoms with Crippen molar-refractivity contribution in [2.45, 2.75) is 25.4 Å². The molecular weight excluding hydrogens is 301 g/mol. The first-order valence-corrected chi connectivity index (χ1v) is 5.60. The van der Waals surface area contributed by atoms with Crippen molar-refractivity contribution in [3.63, 3.8) is 0 Å². The van der Waals surface area contributed by atoms with Crippen LogP contribution in [-0.2, 0) is 11.6 Å². The van der Waals surface area contributed by atoms with E-state index in [1.807, 2.05) is 0 Å². The summed E-state index contributed by atoms with van der Waals surface area (Å²) in [5.41, 5.74) is -1.50. The fourth-order valence-electron chi connectivity index (χ4n) is 1.50. The first-order chi connectivity index (χ1) is 7.59. The van der Waals surface area contributed by atoms with Gasteiger partial charge in [0.05, 0.1) is 12.2 Å². The molecule has 0 aromatic heterocycles. The van der Waals surface area contributed by atoms with E-state index in [1.165, 1.54) is 0 Å². The van der Waals surface area contributed by atoms with Crippen LogP contribution in [-0.4, -0.2) is 16.8 Å². The lowest BCUT2D eigenvalue weighted by molar-refractivity contribution is -0.137. The van der Waals surface area contributed by atoms with Gasteiger partial charge in [-0.1, -0.05) is 29.8 Å². The summed E-state index contributed by atoms with van der Waals surface area (Å²) in [6, 6.07) is 1.56. The second kappa shape index (κ2) is 4.49. The summed E-state index contributed by atoms with van der Waals surface area (Å²) in [5, 5.41) is 18.8. The van der Waals surface area contributed by atoms with Crippen molar-refractivity contribution in [2.75, 3.05) is 6.61 Å². The van der Waals surface area contributed by atoms with Gasteiger partial charge in [-0.3, -0.25) is 0 Å². The standard InChI is InChI=1S/C11H12BrF3O2/c1-10(2,5-16)9-7(12)3-6(4-8(9)17)11(13,14)15/h3-4,16-17H,5H2,1-2H3. The molecule has 0 fully saturated rings. The van der Waals surface area contributed by atoms with Gasteiger partial charge in [-0.05, 0) is 12.1 Å². The van der Waals surface area contributed by atoms with E-state index in [2.05, 4.69) is 15.9 Å². The topological polar surface area (TPSA) is 40.5 Å². The summed E-state index contributed by atoms with van der Waals surface area (Å²) in [5.74, 6) is -0.481. The van der Waals surface area contributed by atoms with Crippen molar-refractivity contribution in [3.8, 4) is 5.75 Å². The highest BCUT2D eigenvalue weighted by Crippen LogP contribution is 2.41. The Balaban J connectivity index is 3.40. The van der Waals surface area contributed by atoms with Crippen molar-refractivity contribution in [3.05, 3.63) is 27.7 Å². The highest BCUT2D eigenvalue weighted by atomic mass is 79.9. The maximum absolute atomic E-state index is 12.5. The largest absolute Gasteiger partial charge is 0.508 e. The number of benzene rings is 1. The molecule has 0 spiro atoms. The molecule has 0 atom stereocenters. The lowest BCUT2D eigenvalue weighted by atomic mass is 9.84. The van der Waals surface area contributed by atoms with Gasteiger partial charge in [-0.15, -0.1) is 0 Å². The number of hydrogen-bond donors (Lipinski definition) is 2. The normalized spacial score (nSPS) is 12.9. The minimum absolute atomic E-state index is 0.129.